The summed E-state index contributed by atoms with van der Waals surface area (Å²) in [4.78, 5) is 10.7. The smallest absolute Gasteiger partial charge is 0.219 e. The van der Waals surface area contributed by atoms with Crippen molar-refractivity contribution in [2.24, 2.45) is 16.6 Å². The first-order chi connectivity index (χ1) is 6.37. The van der Waals surface area contributed by atoms with Gasteiger partial charge in [0.25, 0.3) is 0 Å². The van der Waals surface area contributed by atoms with Crippen LogP contribution in [0.3, 0.4) is 0 Å². The number of amidine groups is 1. The largest absolute Gasteiger partial charge is 0.409 e. The standard InChI is InChI=1S/C8H18N4O2/c1-8(2,5-7(10)13)11-4-3-6(9)12-14/h11,14H,3-5H2,1-2H3,(H2,9,12)(H2,10,13). The lowest BCUT2D eigenvalue weighted by molar-refractivity contribution is -0.119. The maximum Gasteiger partial charge on any atom is 0.219 e. The molecule has 0 aliphatic rings. The van der Waals surface area contributed by atoms with Crippen LogP contribution in [0.4, 0.5) is 0 Å². The molecule has 0 aliphatic carbocycles. The highest BCUT2D eigenvalue weighted by Crippen LogP contribution is 2.06. The van der Waals surface area contributed by atoms with Crippen molar-refractivity contribution < 1.29 is 10.0 Å². The van der Waals surface area contributed by atoms with Gasteiger partial charge < -0.3 is 22.0 Å². The molecule has 0 radical (unpaired) electrons. The van der Waals surface area contributed by atoms with Crippen molar-refractivity contribution in [1.29, 1.82) is 0 Å². The molecule has 0 spiro atoms. The summed E-state index contributed by atoms with van der Waals surface area (Å²) in [5, 5.41) is 14.2. The Kier molecular flexibility index (Phi) is 4.93. The lowest BCUT2D eigenvalue weighted by atomic mass is 10.0. The number of nitrogens with zero attached hydrogens (tertiary/aromatic N) is 1. The SMILES string of the molecule is CC(C)(CC(N)=O)NCCC(N)=NO. The Morgan fingerprint density at radius 2 is 2.07 bits per heavy atom. The molecule has 0 aromatic heterocycles. The van der Waals surface area contributed by atoms with E-state index in [-0.39, 0.29) is 23.7 Å². The summed E-state index contributed by atoms with van der Waals surface area (Å²) >= 11 is 0. The molecule has 1 amide bonds. The normalized spacial score (nSPS) is 12.9. The van der Waals surface area contributed by atoms with E-state index < -0.39 is 0 Å². The summed E-state index contributed by atoms with van der Waals surface area (Å²) in [6.07, 6.45) is 0.682. The minimum absolute atomic E-state index is 0.160. The molecule has 6 heteroatoms. The molecule has 0 unspecified atom stereocenters. The third-order valence-electron chi connectivity index (χ3n) is 1.73. The monoisotopic (exact) mass is 202 g/mol. The quantitative estimate of drug-likeness (QED) is 0.199. The highest BCUT2D eigenvalue weighted by atomic mass is 16.4. The van der Waals surface area contributed by atoms with Crippen LogP contribution in [0, 0.1) is 0 Å². The molecule has 0 bridgehead atoms. The molecular formula is C8H18N4O2. The van der Waals surface area contributed by atoms with Crippen LogP contribution in [0.15, 0.2) is 5.16 Å². The first-order valence-electron chi connectivity index (χ1n) is 4.37. The second kappa shape index (κ2) is 5.43. The van der Waals surface area contributed by atoms with E-state index >= 15 is 0 Å². The lowest BCUT2D eigenvalue weighted by Gasteiger charge is -2.24. The van der Waals surface area contributed by atoms with E-state index in [0.717, 1.165) is 0 Å². The number of hydrogen-bond donors (Lipinski definition) is 4. The number of primary amides is 1. The molecule has 0 saturated heterocycles. The molecule has 0 aliphatic heterocycles. The zero-order chi connectivity index (χ0) is 11.2. The summed E-state index contributed by atoms with van der Waals surface area (Å²) < 4.78 is 0. The molecule has 0 aromatic carbocycles. The maximum absolute atomic E-state index is 10.7. The maximum atomic E-state index is 10.7. The molecule has 0 fully saturated rings. The van der Waals surface area contributed by atoms with Gasteiger partial charge in [0, 0.05) is 24.9 Å². The predicted octanol–water partition coefficient (Wildman–Crippen LogP) is -0.633. The summed E-state index contributed by atoms with van der Waals surface area (Å²) in [5.41, 5.74) is 9.98. The van der Waals surface area contributed by atoms with Crippen molar-refractivity contribution in [2.75, 3.05) is 6.54 Å². The van der Waals surface area contributed by atoms with Gasteiger partial charge in [-0.3, -0.25) is 4.79 Å². The van der Waals surface area contributed by atoms with E-state index in [1.54, 1.807) is 0 Å². The van der Waals surface area contributed by atoms with E-state index in [2.05, 4.69) is 10.5 Å². The van der Waals surface area contributed by atoms with Crippen LogP contribution >= 0.6 is 0 Å². The summed E-state index contributed by atoms with van der Waals surface area (Å²) in [6, 6.07) is 0. The van der Waals surface area contributed by atoms with E-state index in [1.165, 1.54) is 0 Å². The molecule has 0 aromatic rings. The fourth-order valence-electron chi connectivity index (χ4n) is 1.08. The Hall–Kier alpha value is -1.30. The van der Waals surface area contributed by atoms with E-state index in [0.29, 0.717) is 13.0 Å². The molecule has 0 saturated carbocycles. The van der Waals surface area contributed by atoms with Crippen molar-refractivity contribution in [3.63, 3.8) is 0 Å². The Labute approximate surface area is 83.3 Å². The minimum atomic E-state index is -0.360. The number of amides is 1. The first kappa shape index (κ1) is 12.7. The van der Waals surface area contributed by atoms with Crippen LogP contribution in [0.2, 0.25) is 0 Å². The number of oxime groups is 1. The zero-order valence-electron chi connectivity index (χ0n) is 8.58. The fraction of sp³-hybridized carbons (Fsp3) is 0.750. The molecule has 0 rings (SSSR count). The van der Waals surface area contributed by atoms with Gasteiger partial charge in [-0.25, -0.2) is 0 Å². The van der Waals surface area contributed by atoms with Gasteiger partial charge in [-0.05, 0) is 13.8 Å². The van der Waals surface area contributed by atoms with Gasteiger partial charge in [-0.15, -0.1) is 0 Å². The van der Waals surface area contributed by atoms with E-state index in [4.69, 9.17) is 16.7 Å². The molecule has 0 atom stereocenters. The summed E-state index contributed by atoms with van der Waals surface area (Å²) in [7, 11) is 0. The Bertz CT molecular complexity index is 225. The van der Waals surface area contributed by atoms with E-state index in [9.17, 15) is 4.79 Å². The van der Waals surface area contributed by atoms with Gasteiger partial charge in [-0.2, -0.15) is 0 Å². The fourth-order valence-corrected chi connectivity index (χ4v) is 1.08. The number of hydrogen-bond acceptors (Lipinski definition) is 4. The number of nitrogens with two attached hydrogens (primary N) is 2. The van der Waals surface area contributed by atoms with Crippen molar-refractivity contribution in [2.45, 2.75) is 32.2 Å². The molecular weight excluding hydrogens is 184 g/mol. The topological polar surface area (TPSA) is 114 Å². The Morgan fingerprint density at radius 3 is 2.50 bits per heavy atom. The predicted molar refractivity (Wildman–Crippen MR) is 53.9 cm³/mol. The number of rotatable bonds is 6. The Morgan fingerprint density at radius 1 is 1.50 bits per heavy atom. The Balaban J connectivity index is 3.82. The second-order valence-corrected chi connectivity index (χ2v) is 3.80. The highest BCUT2D eigenvalue weighted by molar-refractivity contribution is 5.79. The number of nitrogens with one attached hydrogen (secondary N) is 1. The summed E-state index contributed by atoms with van der Waals surface area (Å²) in [5.74, 6) is -0.196. The van der Waals surface area contributed by atoms with E-state index in [1.807, 2.05) is 13.8 Å². The first-order valence-corrected chi connectivity index (χ1v) is 4.37. The van der Waals surface area contributed by atoms with Crippen LogP contribution in [0.1, 0.15) is 26.7 Å². The van der Waals surface area contributed by atoms with Crippen LogP contribution in [0.25, 0.3) is 0 Å². The third kappa shape index (κ3) is 6.24. The molecule has 82 valence electrons. The number of carbonyl (C=O) groups excluding carboxylic acids is 1. The van der Waals surface area contributed by atoms with Crippen LogP contribution in [-0.4, -0.2) is 29.0 Å². The van der Waals surface area contributed by atoms with Gasteiger partial charge in [0.1, 0.15) is 5.84 Å². The van der Waals surface area contributed by atoms with Gasteiger partial charge >= 0.3 is 0 Å². The van der Waals surface area contributed by atoms with Crippen LogP contribution in [0.5, 0.6) is 0 Å². The van der Waals surface area contributed by atoms with Crippen molar-refractivity contribution in [3.8, 4) is 0 Å². The van der Waals surface area contributed by atoms with Gasteiger partial charge in [-0.1, -0.05) is 5.16 Å². The molecule has 6 nitrogen and oxygen atoms in total. The van der Waals surface area contributed by atoms with Crippen molar-refractivity contribution in [3.05, 3.63) is 0 Å². The molecule has 6 N–H and O–H groups in total. The van der Waals surface area contributed by atoms with Crippen LogP contribution in [-0.2, 0) is 4.79 Å². The highest BCUT2D eigenvalue weighted by Gasteiger charge is 2.19. The van der Waals surface area contributed by atoms with Gasteiger partial charge in [0.05, 0.1) is 0 Å². The molecule has 0 heterocycles. The average Bonchev–Trinajstić information content (AvgIpc) is 2.01. The average molecular weight is 202 g/mol. The second-order valence-electron chi connectivity index (χ2n) is 3.80. The van der Waals surface area contributed by atoms with Crippen LogP contribution < -0.4 is 16.8 Å². The zero-order valence-corrected chi connectivity index (χ0v) is 8.58. The third-order valence-corrected chi connectivity index (χ3v) is 1.73. The van der Waals surface area contributed by atoms with Gasteiger partial charge in [0.15, 0.2) is 0 Å². The number of carbonyl (C=O) groups is 1. The van der Waals surface area contributed by atoms with Crippen molar-refractivity contribution in [1.82, 2.24) is 5.32 Å². The molecule has 14 heavy (non-hydrogen) atoms. The minimum Gasteiger partial charge on any atom is -0.409 e. The van der Waals surface area contributed by atoms with Gasteiger partial charge in [0.2, 0.25) is 5.91 Å². The summed E-state index contributed by atoms with van der Waals surface area (Å²) in [6.45, 7) is 4.27. The lowest BCUT2D eigenvalue weighted by Crippen LogP contribution is -2.43. The van der Waals surface area contributed by atoms with Crippen molar-refractivity contribution >= 4 is 11.7 Å².